The average molecular weight is 289 g/mol. The number of nitrogens with one attached hydrogen (secondary N) is 1. The first-order valence-electron chi connectivity index (χ1n) is 7.29. The van der Waals surface area contributed by atoms with E-state index in [0.717, 1.165) is 18.7 Å². The van der Waals surface area contributed by atoms with Crippen LogP contribution < -0.4 is 5.32 Å². The summed E-state index contributed by atoms with van der Waals surface area (Å²) >= 11 is 0. The normalized spacial score (nSPS) is 17.5. The summed E-state index contributed by atoms with van der Waals surface area (Å²) in [5.74, 6) is 1.91. The lowest BCUT2D eigenvalue weighted by molar-refractivity contribution is 0.252. The Morgan fingerprint density at radius 1 is 1.29 bits per heavy atom. The van der Waals surface area contributed by atoms with E-state index in [1.807, 2.05) is 13.8 Å². The minimum atomic E-state index is -0.410. The highest BCUT2D eigenvalue weighted by Crippen LogP contribution is 2.32. The molecule has 1 atom stereocenters. The summed E-state index contributed by atoms with van der Waals surface area (Å²) in [4.78, 5) is 4.58. The molecule has 0 spiro atoms. The van der Waals surface area contributed by atoms with Gasteiger partial charge in [0.05, 0.1) is 5.41 Å². The van der Waals surface area contributed by atoms with Gasteiger partial charge in [0.2, 0.25) is 5.89 Å². The van der Waals surface area contributed by atoms with Crippen molar-refractivity contribution in [2.45, 2.75) is 32.1 Å². The minimum Gasteiger partial charge on any atom is -0.339 e. The summed E-state index contributed by atoms with van der Waals surface area (Å²) in [5.41, 5.74) is 0.557. The summed E-state index contributed by atoms with van der Waals surface area (Å²) in [6.45, 7) is 8.16. The lowest BCUT2D eigenvalue weighted by atomic mass is 9.84. The van der Waals surface area contributed by atoms with Crippen molar-refractivity contribution in [2.75, 3.05) is 13.1 Å². The van der Waals surface area contributed by atoms with E-state index in [1.165, 1.54) is 12.1 Å². The monoisotopic (exact) mass is 289 g/mol. The number of nitrogens with zero attached hydrogens (tertiary/aromatic N) is 2. The maximum atomic E-state index is 13.1. The average Bonchev–Trinajstić information content (AvgIpc) is 2.87. The first kappa shape index (κ1) is 14.2. The Hall–Kier alpha value is -1.75. The van der Waals surface area contributed by atoms with Crippen molar-refractivity contribution in [1.82, 2.24) is 15.5 Å². The van der Waals surface area contributed by atoms with Gasteiger partial charge < -0.3 is 9.84 Å². The Morgan fingerprint density at radius 3 is 2.52 bits per heavy atom. The summed E-state index contributed by atoms with van der Waals surface area (Å²) in [5, 5.41) is 7.40. The number of halogens is 1. The first-order valence-corrected chi connectivity index (χ1v) is 7.29. The Morgan fingerprint density at radius 2 is 1.95 bits per heavy atom. The lowest BCUT2D eigenvalue weighted by Gasteiger charge is -2.30. The molecular formula is C16H20FN3O. The molecule has 1 aliphatic heterocycles. The van der Waals surface area contributed by atoms with Gasteiger partial charge in [-0.25, -0.2) is 4.39 Å². The van der Waals surface area contributed by atoms with Crippen LogP contribution in [0, 0.1) is 11.7 Å². The molecule has 3 rings (SSSR count). The van der Waals surface area contributed by atoms with E-state index in [-0.39, 0.29) is 11.7 Å². The van der Waals surface area contributed by atoms with Crippen molar-refractivity contribution in [3.05, 3.63) is 47.4 Å². The van der Waals surface area contributed by atoms with E-state index in [0.29, 0.717) is 17.6 Å². The van der Waals surface area contributed by atoms with E-state index < -0.39 is 5.41 Å². The third-order valence-corrected chi connectivity index (χ3v) is 4.48. The van der Waals surface area contributed by atoms with Gasteiger partial charge in [-0.05, 0) is 50.6 Å². The zero-order chi connectivity index (χ0) is 15.0. The SMILES string of the molecule is CC(c1nc(C(C)(C)c2ccc(F)cc2)no1)C1CNC1. The highest BCUT2D eigenvalue weighted by atomic mass is 19.1. The number of hydrogen-bond donors (Lipinski definition) is 1. The van der Waals surface area contributed by atoms with Gasteiger partial charge >= 0.3 is 0 Å². The number of aromatic nitrogens is 2. The van der Waals surface area contributed by atoms with Gasteiger partial charge in [-0.2, -0.15) is 4.98 Å². The molecule has 0 bridgehead atoms. The van der Waals surface area contributed by atoms with Gasteiger partial charge in [0.25, 0.3) is 0 Å². The zero-order valence-corrected chi connectivity index (χ0v) is 12.6. The quantitative estimate of drug-likeness (QED) is 0.940. The number of benzene rings is 1. The van der Waals surface area contributed by atoms with Gasteiger partial charge in [-0.3, -0.25) is 0 Å². The van der Waals surface area contributed by atoms with Gasteiger partial charge in [0, 0.05) is 5.92 Å². The number of rotatable bonds is 4. The van der Waals surface area contributed by atoms with Crippen LogP contribution in [0.5, 0.6) is 0 Å². The standard InChI is InChI=1S/C16H20FN3O/c1-10(11-8-18-9-11)14-19-15(20-21-14)16(2,3)12-4-6-13(17)7-5-12/h4-7,10-11,18H,8-9H2,1-3H3. The lowest BCUT2D eigenvalue weighted by Crippen LogP contribution is -2.44. The Labute approximate surface area is 123 Å². The second-order valence-corrected chi connectivity index (χ2v) is 6.30. The van der Waals surface area contributed by atoms with Crippen molar-refractivity contribution in [1.29, 1.82) is 0 Å². The van der Waals surface area contributed by atoms with Crippen LogP contribution in [0.2, 0.25) is 0 Å². The molecule has 0 saturated carbocycles. The van der Waals surface area contributed by atoms with Crippen LogP contribution in [0.4, 0.5) is 4.39 Å². The van der Waals surface area contributed by atoms with Gasteiger partial charge in [-0.15, -0.1) is 0 Å². The maximum absolute atomic E-state index is 13.1. The molecule has 0 aliphatic carbocycles. The third-order valence-electron chi connectivity index (χ3n) is 4.48. The van der Waals surface area contributed by atoms with Crippen molar-refractivity contribution in [2.24, 2.45) is 5.92 Å². The first-order chi connectivity index (χ1) is 9.98. The van der Waals surface area contributed by atoms with Crippen LogP contribution in [0.25, 0.3) is 0 Å². The molecule has 21 heavy (non-hydrogen) atoms. The Kier molecular flexibility index (Phi) is 3.53. The van der Waals surface area contributed by atoms with Gasteiger partial charge in [-0.1, -0.05) is 24.2 Å². The summed E-state index contributed by atoms with van der Waals surface area (Å²) in [6, 6.07) is 6.46. The molecule has 1 aliphatic rings. The fourth-order valence-corrected chi connectivity index (χ4v) is 2.54. The van der Waals surface area contributed by atoms with Crippen LogP contribution in [-0.4, -0.2) is 23.2 Å². The van der Waals surface area contributed by atoms with Gasteiger partial charge in [0.1, 0.15) is 5.82 Å². The van der Waals surface area contributed by atoms with E-state index in [4.69, 9.17) is 4.52 Å². The molecule has 1 saturated heterocycles. The highest BCUT2D eigenvalue weighted by Gasteiger charge is 2.33. The summed E-state index contributed by atoms with van der Waals surface area (Å²) in [6.07, 6.45) is 0. The summed E-state index contributed by atoms with van der Waals surface area (Å²) < 4.78 is 18.5. The van der Waals surface area contributed by atoms with E-state index in [2.05, 4.69) is 22.4 Å². The largest absolute Gasteiger partial charge is 0.339 e. The third kappa shape index (κ3) is 2.58. The summed E-state index contributed by atoms with van der Waals surface area (Å²) in [7, 11) is 0. The molecule has 1 aromatic heterocycles. The highest BCUT2D eigenvalue weighted by molar-refractivity contribution is 5.30. The second-order valence-electron chi connectivity index (χ2n) is 6.30. The van der Waals surface area contributed by atoms with Crippen LogP contribution in [-0.2, 0) is 5.41 Å². The molecule has 2 aromatic rings. The minimum absolute atomic E-state index is 0.241. The second kappa shape index (κ2) is 5.22. The molecule has 2 heterocycles. The molecule has 0 radical (unpaired) electrons. The predicted octanol–water partition coefficient (Wildman–Crippen LogP) is 2.86. The Bertz CT molecular complexity index is 617. The molecule has 112 valence electrons. The molecule has 5 heteroatoms. The molecule has 1 N–H and O–H groups in total. The molecule has 1 unspecified atom stereocenters. The molecule has 4 nitrogen and oxygen atoms in total. The molecule has 0 amide bonds. The molecule has 1 aromatic carbocycles. The predicted molar refractivity (Wildman–Crippen MR) is 77.6 cm³/mol. The fourth-order valence-electron chi connectivity index (χ4n) is 2.54. The smallest absolute Gasteiger partial charge is 0.229 e. The molecule has 1 fully saturated rings. The van der Waals surface area contributed by atoms with Crippen molar-refractivity contribution in [3.63, 3.8) is 0 Å². The van der Waals surface area contributed by atoms with Crippen molar-refractivity contribution < 1.29 is 8.91 Å². The van der Waals surface area contributed by atoms with Crippen LogP contribution in [0.3, 0.4) is 0 Å². The topological polar surface area (TPSA) is 51.0 Å². The van der Waals surface area contributed by atoms with E-state index >= 15 is 0 Å². The Balaban J connectivity index is 1.85. The number of hydrogen-bond acceptors (Lipinski definition) is 4. The van der Waals surface area contributed by atoms with Gasteiger partial charge in [0.15, 0.2) is 5.82 Å². The van der Waals surface area contributed by atoms with Crippen molar-refractivity contribution >= 4 is 0 Å². The maximum Gasteiger partial charge on any atom is 0.229 e. The fraction of sp³-hybridized carbons (Fsp3) is 0.500. The zero-order valence-electron chi connectivity index (χ0n) is 12.6. The van der Waals surface area contributed by atoms with Crippen LogP contribution >= 0.6 is 0 Å². The van der Waals surface area contributed by atoms with E-state index in [1.54, 1.807) is 12.1 Å². The van der Waals surface area contributed by atoms with Crippen molar-refractivity contribution in [3.8, 4) is 0 Å². The van der Waals surface area contributed by atoms with Crippen LogP contribution in [0.1, 0.15) is 44.0 Å². The molecular weight excluding hydrogens is 269 g/mol. The van der Waals surface area contributed by atoms with E-state index in [9.17, 15) is 4.39 Å². The van der Waals surface area contributed by atoms with Crippen LogP contribution in [0.15, 0.2) is 28.8 Å².